The highest BCUT2D eigenvalue weighted by Crippen LogP contribution is 2.17. The Balaban J connectivity index is 1.74. The highest BCUT2D eigenvalue weighted by atomic mass is 16.5. The van der Waals surface area contributed by atoms with Gasteiger partial charge in [-0.3, -0.25) is 14.8 Å². The number of nitrogens with zero attached hydrogens (tertiary/aromatic N) is 2. The molecular formula is C16H12N2O2. The lowest BCUT2D eigenvalue weighted by atomic mass is 10.1. The van der Waals surface area contributed by atoms with Gasteiger partial charge in [0.25, 0.3) is 0 Å². The van der Waals surface area contributed by atoms with Crippen molar-refractivity contribution in [1.82, 2.24) is 9.97 Å². The largest absolute Gasteiger partial charge is 0.426 e. The zero-order chi connectivity index (χ0) is 13.8. The molecule has 0 fully saturated rings. The van der Waals surface area contributed by atoms with Crippen molar-refractivity contribution < 1.29 is 9.53 Å². The maximum atomic E-state index is 11.9. The van der Waals surface area contributed by atoms with Gasteiger partial charge >= 0.3 is 5.97 Å². The van der Waals surface area contributed by atoms with Crippen molar-refractivity contribution in [3.8, 4) is 5.75 Å². The van der Waals surface area contributed by atoms with Crippen molar-refractivity contribution in [3.63, 3.8) is 0 Å². The van der Waals surface area contributed by atoms with E-state index in [4.69, 9.17) is 4.74 Å². The molecule has 0 radical (unpaired) electrons. The molecule has 0 aliphatic heterocycles. The lowest BCUT2D eigenvalue weighted by molar-refractivity contribution is -0.133. The molecule has 0 aliphatic rings. The topological polar surface area (TPSA) is 52.1 Å². The number of carbonyl (C=O) groups is 1. The van der Waals surface area contributed by atoms with Crippen LogP contribution in [0.2, 0.25) is 0 Å². The van der Waals surface area contributed by atoms with E-state index in [1.54, 1.807) is 30.6 Å². The predicted molar refractivity (Wildman–Crippen MR) is 75.3 cm³/mol. The summed E-state index contributed by atoms with van der Waals surface area (Å²) in [5.41, 5.74) is 2.41. The molecule has 0 spiro atoms. The van der Waals surface area contributed by atoms with Crippen LogP contribution in [-0.2, 0) is 11.2 Å². The average Bonchev–Trinajstić information content (AvgIpc) is 2.48. The molecule has 0 unspecified atom stereocenters. The van der Waals surface area contributed by atoms with Crippen molar-refractivity contribution in [2.45, 2.75) is 6.42 Å². The van der Waals surface area contributed by atoms with Gasteiger partial charge in [-0.1, -0.05) is 30.3 Å². The van der Waals surface area contributed by atoms with E-state index in [0.717, 1.165) is 11.1 Å². The molecular weight excluding hydrogens is 252 g/mol. The molecule has 0 saturated carbocycles. The normalized spacial score (nSPS) is 10.4. The molecule has 20 heavy (non-hydrogen) atoms. The van der Waals surface area contributed by atoms with Crippen molar-refractivity contribution >= 4 is 17.0 Å². The summed E-state index contributed by atoms with van der Waals surface area (Å²) in [6, 6.07) is 14.7. The molecule has 1 aromatic heterocycles. The molecule has 0 saturated heterocycles. The fourth-order valence-electron chi connectivity index (χ4n) is 1.94. The first-order valence-electron chi connectivity index (χ1n) is 6.27. The minimum Gasteiger partial charge on any atom is -0.426 e. The number of fused-ring (bicyclic) bond motifs is 1. The molecule has 0 N–H and O–H groups in total. The molecule has 98 valence electrons. The Morgan fingerprint density at radius 1 is 0.950 bits per heavy atom. The standard InChI is InChI=1S/C16H12N2O2/c19-16(10-12-4-2-1-3-5-12)20-13-6-7-14-15(11-13)18-9-8-17-14/h1-9,11H,10H2. The van der Waals surface area contributed by atoms with Crippen LogP contribution in [0.15, 0.2) is 60.9 Å². The quantitative estimate of drug-likeness (QED) is 0.539. The third-order valence-electron chi connectivity index (χ3n) is 2.86. The first kappa shape index (κ1) is 12.3. The van der Waals surface area contributed by atoms with Gasteiger partial charge in [-0.15, -0.1) is 0 Å². The Kier molecular flexibility index (Phi) is 3.37. The van der Waals surface area contributed by atoms with Gasteiger partial charge in [-0.25, -0.2) is 0 Å². The van der Waals surface area contributed by atoms with Gasteiger partial charge in [0.2, 0.25) is 0 Å². The monoisotopic (exact) mass is 264 g/mol. The van der Waals surface area contributed by atoms with E-state index in [-0.39, 0.29) is 12.4 Å². The number of aromatic nitrogens is 2. The van der Waals surface area contributed by atoms with E-state index in [1.807, 2.05) is 30.3 Å². The highest BCUT2D eigenvalue weighted by Gasteiger charge is 2.07. The van der Waals surface area contributed by atoms with Crippen LogP contribution in [0.5, 0.6) is 5.75 Å². The van der Waals surface area contributed by atoms with Crippen LogP contribution in [0.4, 0.5) is 0 Å². The Morgan fingerprint density at radius 3 is 2.50 bits per heavy atom. The molecule has 0 atom stereocenters. The zero-order valence-corrected chi connectivity index (χ0v) is 10.7. The number of hydrogen-bond acceptors (Lipinski definition) is 4. The molecule has 4 heteroatoms. The van der Waals surface area contributed by atoms with E-state index in [0.29, 0.717) is 11.3 Å². The third kappa shape index (κ3) is 2.80. The second kappa shape index (κ2) is 5.48. The lowest BCUT2D eigenvalue weighted by Crippen LogP contribution is -2.11. The molecule has 0 bridgehead atoms. The Hall–Kier alpha value is -2.75. The van der Waals surface area contributed by atoms with Gasteiger partial charge in [-0.2, -0.15) is 0 Å². The summed E-state index contributed by atoms with van der Waals surface area (Å²) in [6.07, 6.45) is 3.49. The molecule has 4 nitrogen and oxygen atoms in total. The smallest absolute Gasteiger partial charge is 0.315 e. The van der Waals surface area contributed by atoms with Crippen LogP contribution in [0.25, 0.3) is 11.0 Å². The van der Waals surface area contributed by atoms with Crippen LogP contribution in [-0.4, -0.2) is 15.9 Å². The summed E-state index contributed by atoms with van der Waals surface area (Å²) in [4.78, 5) is 20.2. The van der Waals surface area contributed by atoms with Gasteiger partial charge in [-0.05, 0) is 17.7 Å². The van der Waals surface area contributed by atoms with E-state index in [2.05, 4.69) is 9.97 Å². The summed E-state index contributed by atoms with van der Waals surface area (Å²) < 4.78 is 5.32. The van der Waals surface area contributed by atoms with Gasteiger partial charge in [0.15, 0.2) is 0 Å². The van der Waals surface area contributed by atoms with Gasteiger partial charge in [0.05, 0.1) is 17.5 Å². The maximum Gasteiger partial charge on any atom is 0.315 e. The molecule has 3 aromatic rings. The van der Waals surface area contributed by atoms with Crippen molar-refractivity contribution in [1.29, 1.82) is 0 Å². The Morgan fingerprint density at radius 2 is 1.70 bits per heavy atom. The summed E-state index contributed by atoms with van der Waals surface area (Å²) >= 11 is 0. The number of hydrogen-bond donors (Lipinski definition) is 0. The summed E-state index contributed by atoms with van der Waals surface area (Å²) in [5, 5.41) is 0. The fraction of sp³-hybridized carbons (Fsp3) is 0.0625. The zero-order valence-electron chi connectivity index (χ0n) is 10.7. The number of rotatable bonds is 3. The minimum absolute atomic E-state index is 0.249. The highest BCUT2D eigenvalue weighted by molar-refractivity contribution is 5.79. The number of benzene rings is 2. The second-order valence-electron chi connectivity index (χ2n) is 4.34. The van der Waals surface area contributed by atoms with Gasteiger partial charge < -0.3 is 4.74 Å². The lowest BCUT2D eigenvalue weighted by Gasteiger charge is -2.05. The van der Waals surface area contributed by atoms with E-state index in [1.165, 1.54) is 0 Å². The summed E-state index contributed by atoms with van der Waals surface area (Å²) in [7, 11) is 0. The molecule has 0 amide bonds. The average molecular weight is 264 g/mol. The van der Waals surface area contributed by atoms with Gasteiger partial charge in [0, 0.05) is 18.5 Å². The first-order chi connectivity index (χ1) is 9.81. The van der Waals surface area contributed by atoms with Crippen LogP contribution in [0.3, 0.4) is 0 Å². The van der Waals surface area contributed by atoms with Crippen LogP contribution < -0.4 is 4.74 Å². The van der Waals surface area contributed by atoms with Gasteiger partial charge in [0.1, 0.15) is 5.75 Å². The second-order valence-corrected chi connectivity index (χ2v) is 4.34. The molecule has 2 aromatic carbocycles. The minimum atomic E-state index is -0.292. The van der Waals surface area contributed by atoms with Crippen molar-refractivity contribution in [3.05, 3.63) is 66.5 Å². The molecule has 3 rings (SSSR count). The predicted octanol–water partition coefficient (Wildman–Crippen LogP) is 2.78. The van der Waals surface area contributed by atoms with E-state index < -0.39 is 0 Å². The SMILES string of the molecule is O=C(Cc1ccccc1)Oc1ccc2nccnc2c1. The Bertz CT molecular complexity index is 742. The van der Waals surface area contributed by atoms with E-state index >= 15 is 0 Å². The van der Waals surface area contributed by atoms with Crippen LogP contribution in [0.1, 0.15) is 5.56 Å². The molecule has 1 heterocycles. The van der Waals surface area contributed by atoms with Crippen LogP contribution in [0, 0.1) is 0 Å². The van der Waals surface area contributed by atoms with Crippen LogP contribution >= 0.6 is 0 Å². The first-order valence-corrected chi connectivity index (χ1v) is 6.27. The molecule has 0 aliphatic carbocycles. The number of carbonyl (C=O) groups excluding carboxylic acids is 1. The van der Waals surface area contributed by atoms with Crippen molar-refractivity contribution in [2.24, 2.45) is 0 Å². The van der Waals surface area contributed by atoms with E-state index in [9.17, 15) is 4.79 Å². The maximum absolute atomic E-state index is 11.9. The summed E-state index contributed by atoms with van der Waals surface area (Å²) in [6.45, 7) is 0. The Labute approximate surface area is 116 Å². The summed E-state index contributed by atoms with van der Waals surface area (Å²) in [5.74, 6) is 0.193. The number of esters is 1. The fourth-order valence-corrected chi connectivity index (χ4v) is 1.94. The third-order valence-corrected chi connectivity index (χ3v) is 2.86. The van der Waals surface area contributed by atoms with Crippen molar-refractivity contribution in [2.75, 3.05) is 0 Å². The number of ether oxygens (including phenoxy) is 1.